The zero-order chi connectivity index (χ0) is 14.8. The Bertz CT molecular complexity index is 712. The smallest absolute Gasteiger partial charge is 0.241 e. The summed E-state index contributed by atoms with van der Waals surface area (Å²) in [4.78, 5) is 4.28. The molecule has 0 saturated heterocycles. The number of hydrogen-bond acceptors (Lipinski definition) is 4. The largest absolute Gasteiger partial charge is 0.256 e. The van der Waals surface area contributed by atoms with Crippen LogP contribution in [0.15, 0.2) is 33.9 Å². The van der Waals surface area contributed by atoms with Crippen molar-refractivity contribution in [3.05, 3.63) is 40.4 Å². The molecule has 1 aromatic carbocycles. The van der Waals surface area contributed by atoms with E-state index in [1.165, 1.54) is 0 Å². The van der Waals surface area contributed by atoms with Gasteiger partial charge < -0.3 is 0 Å². The molecule has 0 unspecified atom stereocenters. The van der Waals surface area contributed by atoms with Crippen molar-refractivity contribution in [3.63, 3.8) is 0 Å². The molecule has 1 aromatic heterocycles. The molecule has 2 aromatic rings. The molecule has 0 radical (unpaired) electrons. The Balaban J connectivity index is 2.04. The SMILES string of the molecule is Cc1ccc(S(=O)(=O)NCCc2ncn(C)n2)c(Br)c1. The van der Waals surface area contributed by atoms with Gasteiger partial charge >= 0.3 is 0 Å². The van der Waals surface area contributed by atoms with Crippen LogP contribution in [-0.4, -0.2) is 29.7 Å². The molecule has 108 valence electrons. The van der Waals surface area contributed by atoms with Crippen LogP contribution in [0, 0.1) is 6.92 Å². The summed E-state index contributed by atoms with van der Waals surface area (Å²) in [6, 6.07) is 5.12. The molecule has 0 amide bonds. The highest BCUT2D eigenvalue weighted by Crippen LogP contribution is 2.22. The Morgan fingerprint density at radius 2 is 2.15 bits per heavy atom. The Labute approximate surface area is 126 Å². The lowest BCUT2D eigenvalue weighted by Gasteiger charge is -2.08. The Morgan fingerprint density at radius 3 is 2.75 bits per heavy atom. The first kappa shape index (κ1) is 15.1. The average Bonchev–Trinajstić information content (AvgIpc) is 2.74. The Hall–Kier alpha value is -1.25. The van der Waals surface area contributed by atoms with Gasteiger partial charge in [0, 0.05) is 24.5 Å². The lowest BCUT2D eigenvalue weighted by atomic mass is 10.2. The highest BCUT2D eigenvalue weighted by atomic mass is 79.9. The third kappa shape index (κ3) is 3.65. The molecule has 20 heavy (non-hydrogen) atoms. The average molecular weight is 359 g/mol. The van der Waals surface area contributed by atoms with E-state index in [2.05, 4.69) is 30.7 Å². The van der Waals surface area contributed by atoms with E-state index in [-0.39, 0.29) is 11.4 Å². The summed E-state index contributed by atoms with van der Waals surface area (Å²) in [5.41, 5.74) is 0.994. The summed E-state index contributed by atoms with van der Waals surface area (Å²) in [6.07, 6.45) is 2.03. The van der Waals surface area contributed by atoms with Gasteiger partial charge in [0.2, 0.25) is 10.0 Å². The summed E-state index contributed by atoms with van der Waals surface area (Å²) < 4.78 is 29.0. The second-order valence-electron chi connectivity index (χ2n) is 4.42. The van der Waals surface area contributed by atoms with Gasteiger partial charge in [0.05, 0.1) is 4.90 Å². The molecular formula is C12H15BrN4O2S. The first-order chi connectivity index (χ1) is 9.38. The van der Waals surface area contributed by atoms with Crippen LogP contribution >= 0.6 is 15.9 Å². The summed E-state index contributed by atoms with van der Waals surface area (Å²) in [7, 11) is -1.76. The van der Waals surface area contributed by atoms with Crippen molar-refractivity contribution in [2.24, 2.45) is 7.05 Å². The predicted octanol–water partition coefficient (Wildman–Crippen LogP) is 1.41. The van der Waals surface area contributed by atoms with Gasteiger partial charge in [0.1, 0.15) is 6.33 Å². The minimum absolute atomic E-state index is 0.233. The summed E-state index contributed by atoms with van der Waals surface area (Å²) in [5, 5.41) is 4.09. The third-order valence-electron chi connectivity index (χ3n) is 2.66. The van der Waals surface area contributed by atoms with Crippen LogP contribution in [0.4, 0.5) is 0 Å². The summed E-state index contributed by atoms with van der Waals surface area (Å²) in [5.74, 6) is 0.609. The molecule has 0 aliphatic rings. The standard InChI is InChI=1S/C12H15BrN4O2S/c1-9-3-4-11(10(13)7-9)20(18,19)15-6-5-12-14-8-17(2)16-12/h3-4,7-8,15H,5-6H2,1-2H3. The Morgan fingerprint density at radius 1 is 1.40 bits per heavy atom. The summed E-state index contributed by atoms with van der Waals surface area (Å²) >= 11 is 3.28. The number of rotatable bonds is 5. The molecule has 0 fully saturated rings. The van der Waals surface area contributed by atoms with Gasteiger partial charge in [-0.25, -0.2) is 18.1 Å². The molecule has 0 spiro atoms. The fraction of sp³-hybridized carbons (Fsp3) is 0.333. The van der Waals surface area contributed by atoms with Crippen LogP contribution in [0.5, 0.6) is 0 Å². The Kier molecular flexibility index (Phi) is 4.56. The first-order valence-corrected chi connectivity index (χ1v) is 8.26. The quantitative estimate of drug-likeness (QED) is 0.876. The predicted molar refractivity (Wildman–Crippen MR) is 78.8 cm³/mol. The number of benzene rings is 1. The second-order valence-corrected chi connectivity index (χ2v) is 7.01. The van der Waals surface area contributed by atoms with Gasteiger partial charge in [-0.2, -0.15) is 5.10 Å². The molecule has 6 nitrogen and oxygen atoms in total. The monoisotopic (exact) mass is 358 g/mol. The molecule has 0 bridgehead atoms. The number of halogens is 1. The van der Waals surface area contributed by atoms with Crippen molar-refractivity contribution in [2.75, 3.05) is 6.54 Å². The van der Waals surface area contributed by atoms with Crippen molar-refractivity contribution >= 4 is 26.0 Å². The van der Waals surface area contributed by atoms with E-state index in [0.29, 0.717) is 16.7 Å². The maximum Gasteiger partial charge on any atom is 0.241 e. The normalized spacial score (nSPS) is 11.8. The van der Waals surface area contributed by atoms with E-state index >= 15 is 0 Å². The molecule has 1 N–H and O–H groups in total. The lowest BCUT2D eigenvalue weighted by Crippen LogP contribution is -2.26. The number of nitrogens with one attached hydrogen (secondary N) is 1. The molecular weight excluding hydrogens is 344 g/mol. The number of sulfonamides is 1. The molecule has 0 aliphatic heterocycles. The zero-order valence-corrected chi connectivity index (χ0v) is 13.6. The van der Waals surface area contributed by atoms with Crippen molar-refractivity contribution < 1.29 is 8.42 Å². The van der Waals surface area contributed by atoms with Crippen molar-refractivity contribution in [1.82, 2.24) is 19.5 Å². The van der Waals surface area contributed by atoms with Gasteiger partial charge in [-0.1, -0.05) is 6.07 Å². The van der Waals surface area contributed by atoms with E-state index in [1.54, 1.807) is 36.3 Å². The molecule has 2 rings (SSSR count). The van der Waals surface area contributed by atoms with E-state index in [1.807, 2.05) is 6.92 Å². The molecule has 0 aliphatic carbocycles. The number of hydrogen-bond donors (Lipinski definition) is 1. The summed E-state index contributed by atoms with van der Waals surface area (Å²) in [6.45, 7) is 2.16. The highest BCUT2D eigenvalue weighted by molar-refractivity contribution is 9.10. The van der Waals surface area contributed by atoms with Gasteiger partial charge in [0.15, 0.2) is 5.82 Å². The maximum absolute atomic E-state index is 12.2. The van der Waals surface area contributed by atoms with Crippen LogP contribution in [0.2, 0.25) is 0 Å². The van der Waals surface area contributed by atoms with Crippen molar-refractivity contribution in [1.29, 1.82) is 0 Å². The topological polar surface area (TPSA) is 76.9 Å². The van der Waals surface area contributed by atoms with Crippen molar-refractivity contribution in [3.8, 4) is 0 Å². The van der Waals surface area contributed by atoms with Crippen LogP contribution in [0.25, 0.3) is 0 Å². The minimum atomic E-state index is -3.53. The van der Waals surface area contributed by atoms with Gasteiger partial charge in [-0.15, -0.1) is 0 Å². The van der Waals surface area contributed by atoms with E-state index in [4.69, 9.17) is 0 Å². The van der Waals surface area contributed by atoms with Crippen LogP contribution in [-0.2, 0) is 23.5 Å². The minimum Gasteiger partial charge on any atom is -0.256 e. The maximum atomic E-state index is 12.2. The van der Waals surface area contributed by atoms with Crippen LogP contribution in [0.1, 0.15) is 11.4 Å². The van der Waals surface area contributed by atoms with Crippen molar-refractivity contribution in [2.45, 2.75) is 18.2 Å². The zero-order valence-electron chi connectivity index (χ0n) is 11.2. The number of aromatic nitrogens is 3. The second kappa shape index (κ2) is 6.02. The third-order valence-corrected chi connectivity index (χ3v) is 5.10. The van der Waals surface area contributed by atoms with Gasteiger partial charge in [-0.05, 0) is 40.5 Å². The molecule has 8 heteroatoms. The van der Waals surface area contributed by atoms with Crippen LogP contribution in [0.3, 0.4) is 0 Å². The number of nitrogens with zero attached hydrogens (tertiary/aromatic N) is 3. The van der Waals surface area contributed by atoms with E-state index in [9.17, 15) is 8.42 Å². The van der Waals surface area contributed by atoms with E-state index < -0.39 is 10.0 Å². The van der Waals surface area contributed by atoms with Crippen LogP contribution < -0.4 is 4.72 Å². The van der Waals surface area contributed by atoms with Gasteiger partial charge in [0.25, 0.3) is 0 Å². The fourth-order valence-corrected chi connectivity index (χ4v) is 3.92. The molecule has 0 saturated carbocycles. The highest BCUT2D eigenvalue weighted by Gasteiger charge is 2.17. The fourth-order valence-electron chi connectivity index (χ4n) is 1.70. The molecule has 0 atom stereocenters. The first-order valence-electron chi connectivity index (χ1n) is 5.99. The lowest BCUT2D eigenvalue weighted by molar-refractivity contribution is 0.580. The molecule has 1 heterocycles. The van der Waals surface area contributed by atoms with E-state index in [0.717, 1.165) is 5.56 Å². The number of aryl methyl sites for hydroxylation is 2. The van der Waals surface area contributed by atoms with Gasteiger partial charge in [-0.3, -0.25) is 4.68 Å².